The molecule has 18 heavy (non-hydrogen) atoms. The fraction of sp³-hybridized carbons (Fsp3) is 0.417. The summed E-state index contributed by atoms with van der Waals surface area (Å²) in [5.74, 6) is -0.803. The van der Waals surface area contributed by atoms with E-state index in [1.54, 1.807) is 20.8 Å². The highest BCUT2D eigenvalue weighted by molar-refractivity contribution is 7.91. The van der Waals surface area contributed by atoms with Crippen LogP contribution in [0.4, 0.5) is 13.2 Å². The highest BCUT2D eigenvalue weighted by Crippen LogP contribution is 2.21. The van der Waals surface area contributed by atoms with Gasteiger partial charge in [0.05, 0.1) is 6.21 Å². The van der Waals surface area contributed by atoms with Gasteiger partial charge in [-0.05, 0) is 32.9 Å². The molecule has 0 amide bonds. The first-order valence-electron chi connectivity index (χ1n) is 5.25. The Morgan fingerprint density at radius 3 is 2.39 bits per heavy atom. The van der Waals surface area contributed by atoms with Gasteiger partial charge in [-0.25, -0.2) is 13.2 Å². The van der Waals surface area contributed by atoms with Gasteiger partial charge in [-0.15, -0.1) is 0 Å². The molecule has 2 nitrogen and oxygen atoms in total. The molecule has 0 spiro atoms. The van der Waals surface area contributed by atoms with Gasteiger partial charge in [0.1, 0.15) is 21.9 Å². The molecule has 0 aromatic heterocycles. The van der Waals surface area contributed by atoms with Gasteiger partial charge >= 0.3 is 0 Å². The van der Waals surface area contributed by atoms with Crippen LogP contribution in [-0.2, 0) is 11.4 Å². The molecule has 0 saturated heterocycles. The Labute approximate surface area is 107 Å². The summed E-state index contributed by atoms with van der Waals surface area (Å²) in [4.78, 5) is 0. The molecule has 0 radical (unpaired) electrons. The van der Waals surface area contributed by atoms with Crippen molar-refractivity contribution in [2.45, 2.75) is 31.9 Å². The second-order valence-corrected chi connectivity index (χ2v) is 6.61. The SMILES string of the molecule is CC(C)(C)[S+]([O-])N=Cc1ccc(C(F)F)cc1F. The Balaban J connectivity index is 2.89. The molecule has 0 bridgehead atoms. The second kappa shape index (κ2) is 5.75. The molecule has 1 aromatic rings. The van der Waals surface area contributed by atoms with Crippen molar-refractivity contribution in [1.29, 1.82) is 0 Å². The molecular weight excluding hydrogens is 263 g/mol. The van der Waals surface area contributed by atoms with Crippen molar-refractivity contribution in [1.82, 2.24) is 0 Å². The lowest BCUT2D eigenvalue weighted by Gasteiger charge is -2.17. The van der Waals surface area contributed by atoms with Crippen molar-refractivity contribution in [3.63, 3.8) is 0 Å². The lowest BCUT2D eigenvalue weighted by molar-refractivity contribution is 0.151. The Morgan fingerprint density at radius 1 is 1.33 bits per heavy atom. The Bertz CT molecular complexity index is 443. The lowest BCUT2D eigenvalue weighted by atomic mass is 10.1. The summed E-state index contributed by atoms with van der Waals surface area (Å²) in [6.45, 7) is 5.20. The predicted molar refractivity (Wildman–Crippen MR) is 66.8 cm³/mol. The van der Waals surface area contributed by atoms with Crippen LogP contribution in [0.2, 0.25) is 0 Å². The maximum absolute atomic E-state index is 13.4. The molecule has 0 N–H and O–H groups in total. The molecule has 0 aliphatic rings. The fourth-order valence-corrected chi connectivity index (χ4v) is 1.57. The van der Waals surface area contributed by atoms with Gasteiger partial charge in [-0.3, -0.25) is 0 Å². The molecule has 0 aliphatic heterocycles. The standard InChI is InChI=1S/C12H14F3NOS/c1-12(2,3)18(17)16-7-9-5-4-8(11(14)15)6-10(9)13/h4-7,11H,1-3H3. The third-order valence-electron chi connectivity index (χ3n) is 2.09. The first kappa shape index (κ1) is 15.0. The second-order valence-electron chi connectivity index (χ2n) is 4.68. The van der Waals surface area contributed by atoms with E-state index >= 15 is 0 Å². The first-order chi connectivity index (χ1) is 8.21. The molecule has 0 aliphatic carbocycles. The van der Waals surface area contributed by atoms with Gasteiger partial charge in [0.2, 0.25) is 0 Å². The molecule has 1 atom stereocenters. The quantitative estimate of drug-likeness (QED) is 0.613. The van der Waals surface area contributed by atoms with Crippen LogP contribution in [0.1, 0.15) is 38.3 Å². The topological polar surface area (TPSA) is 35.4 Å². The van der Waals surface area contributed by atoms with Gasteiger partial charge in [0, 0.05) is 11.1 Å². The third kappa shape index (κ3) is 4.03. The molecule has 1 unspecified atom stereocenters. The lowest BCUT2D eigenvalue weighted by Crippen LogP contribution is -2.25. The summed E-state index contributed by atoms with van der Waals surface area (Å²) < 4.78 is 52.8. The number of halogens is 3. The van der Waals surface area contributed by atoms with E-state index in [2.05, 4.69) is 4.40 Å². The first-order valence-corrected chi connectivity index (χ1v) is 6.36. The molecule has 6 heteroatoms. The maximum Gasteiger partial charge on any atom is 0.263 e. The van der Waals surface area contributed by atoms with E-state index in [9.17, 15) is 17.7 Å². The average Bonchev–Trinajstić information content (AvgIpc) is 2.25. The fourth-order valence-electron chi connectivity index (χ4n) is 1.05. The molecule has 0 heterocycles. The van der Waals surface area contributed by atoms with Crippen molar-refractivity contribution < 1.29 is 17.7 Å². The van der Waals surface area contributed by atoms with Gasteiger partial charge in [0.15, 0.2) is 0 Å². The minimum atomic E-state index is -2.71. The van der Waals surface area contributed by atoms with E-state index in [4.69, 9.17) is 0 Å². The molecule has 1 aromatic carbocycles. The number of alkyl halides is 2. The molecular formula is C12H14F3NOS. The summed E-state index contributed by atoms with van der Waals surface area (Å²) in [6.07, 6.45) is -1.61. The van der Waals surface area contributed by atoms with Crippen LogP contribution in [0, 0.1) is 5.82 Å². The number of hydrogen-bond donors (Lipinski definition) is 0. The third-order valence-corrected chi connectivity index (χ3v) is 3.43. The zero-order chi connectivity index (χ0) is 13.9. The number of benzene rings is 1. The van der Waals surface area contributed by atoms with Crippen LogP contribution in [0.5, 0.6) is 0 Å². The van der Waals surface area contributed by atoms with Crippen molar-refractivity contribution in [2.75, 3.05) is 0 Å². The van der Waals surface area contributed by atoms with E-state index in [0.717, 1.165) is 18.3 Å². The van der Waals surface area contributed by atoms with Crippen LogP contribution in [0.25, 0.3) is 0 Å². The molecule has 1 rings (SSSR count). The van der Waals surface area contributed by atoms with Crippen molar-refractivity contribution in [2.24, 2.45) is 4.40 Å². The van der Waals surface area contributed by atoms with Crippen LogP contribution in [-0.4, -0.2) is 15.5 Å². The van der Waals surface area contributed by atoms with E-state index in [-0.39, 0.29) is 11.1 Å². The number of rotatable bonds is 3. The zero-order valence-electron chi connectivity index (χ0n) is 10.3. The van der Waals surface area contributed by atoms with Crippen LogP contribution >= 0.6 is 0 Å². The highest BCUT2D eigenvalue weighted by atomic mass is 32.2. The predicted octanol–water partition coefficient (Wildman–Crippen LogP) is 3.64. The largest absolute Gasteiger partial charge is 0.591 e. The van der Waals surface area contributed by atoms with Crippen LogP contribution in [0.15, 0.2) is 22.6 Å². The van der Waals surface area contributed by atoms with Gasteiger partial charge < -0.3 is 4.55 Å². The van der Waals surface area contributed by atoms with Gasteiger partial charge in [-0.1, -0.05) is 10.5 Å². The Morgan fingerprint density at radius 2 is 1.94 bits per heavy atom. The van der Waals surface area contributed by atoms with E-state index in [0.29, 0.717) is 0 Å². The van der Waals surface area contributed by atoms with Crippen LogP contribution < -0.4 is 0 Å². The van der Waals surface area contributed by atoms with Crippen molar-refractivity contribution in [3.8, 4) is 0 Å². The van der Waals surface area contributed by atoms with Crippen molar-refractivity contribution >= 4 is 17.6 Å². The Kier molecular flexibility index (Phi) is 4.81. The summed E-state index contributed by atoms with van der Waals surface area (Å²) in [5, 5.41) is 0. The summed E-state index contributed by atoms with van der Waals surface area (Å²) >= 11 is -1.51. The molecule has 0 fully saturated rings. The monoisotopic (exact) mass is 277 g/mol. The smallest absolute Gasteiger partial charge is 0.263 e. The summed E-state index contributed by atoms with van der Waals surface area (Å²) in [5.41, 5.74) is -0.349. The number of nitrogens with zero attached hydrogens (tertiary/aromatic N) is 1. The molecule has 100 valence electrons. The average molecular weight is 277 g/mol. The normalized spacial score (nSPS) is 14.4. The van der Waals surface area contributed by atoms with E-state index in [1.165, 1.54) is 6.07 Å². The Hall–Kier alpha value is -1.01. The van der Waals surface area contributed by atoms with E-state index < -0.39 is 28.4 Å². The molecule has 0 saturated carbocycles. The minimum Gasteiger partial charge on any atom is -0.591 e. The highest BCUT2D eigenvalue weighted by Gasteiger charge is 2.25. The summed E-state index contributed by atoms with van der Waals surface area (Å²) in [7, 11) is 0. The van der Waals surface area contributed by atoms with Crippen molar-refractivity contribution in [3.05, 3.63) is 35.1 Å². The van der Waals surface area contributed by atoms with Gasteiger partial charge in [0.25, 0.3) is 6.43 Å². The van der Waals surface area contributed by atoms with Gasteiger partial charge in [-0.2, -0.15) is 0 Å². The minimum absolute atomic E-state index is 0.0389. The van der Waals surface area contributed by atoms with Crippen LogP contribution in [0.3, 0.4) is 0 Å². The number of hydrogen-bond acceptors (Lipinski definition) is 2. The van der Waals surface area contributed by atoms with E-state index in [1.807, 2.05) is 0 Å². The summed E-state index contributed by atoms with van der Waals surface area (Å²) in [6, 6.07) is 3.07. The maximum atomic E-state index is 13.4. The zero-order valence-corrected chi connectivity index (χ0v) is 11.1.